The number of ether oxygens (including phenoxy) is 1. The first-order chi connectivity index (χ1) is 9.55. The Hall–Kier alpha value is -0.340. The molecule has 1 heterocycles. The molecule has 2 aliphatic rings. The molecule has 1 aromatic rings. The summed E-state index contributed by atoms with van der Waals surface area (Å²) in [5.74, 6) is 0.706. The SMILES string of the molecule is CC1(C)CCC(CC2CCCc3ccccc3C2Br)O1. The zero-order chi connectivity index (χ0) is 14.2. The molecule has 1 nitrogen and oxygen atoms in total. The van der Waals surface area contributed by atoms with Gasteiger partial charge in [0.1, 0.15) is 0 Å². The number of hydrogen-bond acceptors (Lipinski definition) is 1. The van der Waals surface area contributed by atoms with Gasteiger partial charge in [-0.1, -0.05) is 40.2 Å². The average Bonchev–Trinajstić information content (AvgIpc) is 2.68. The van der Waals surface area contributed by atoms with Crippen molar-refractivity contribution in [1.82, 2.24) is 0 Å². The Morgan fingerprint density at radius 3 is 2.80 bits per heavy atom. The first kappa shape index (κ1) is 14.6. The van der Waals surface area contributed by atoms with Crippen LogP contribution in [0.5, 0.6) is 0 Å². The summed E-state index contributed by atoms with van der Waals surface area (Å²) >= 11 is 3.98. The predicted octanol–water partition coefficient (Wildman–Crippen LogP) is 5.42. The monoisotopic (exact) mass is 336 g/mol. The van der Waals surface area contributed by atoms with Crippen LogP contribution in [0.15, 0.2) is 24.3 Å². The van der Waals surface area contributed by atoms with Crippen LogP contribution in [0.3, 0.4) is 0 Å². The van der Waals surface area contributed by atoms with Crippen molar-refractivity contribution >= 4 is 15.9 Å². The Labute approximate surface area is 131 Å². The first-order valence-electron chi connectivity index (χ1n) is 7.95. The van der Waals surface area contributed by atoms with E-state index >= 15 is 0 Å². The van der Waals surface area contributed by atoms with Crippen LogP contribution in [0, 0.1) is 5.92 Å². The fraction of sp³-hybridized carbons (Fsp3) is 0.667. The molecule has 0 bridgehead atoms. The van der Waals surface area contributed by atoms with E-state index in [1.165, 1.54) is 49.7 Å². The van der Waals surface area contributed by atoms with Crippen LogP contribution in [0.2, 0.25) is 0 Å². The molecule has 0 aromatic heterocycles. The minimum Gasteiger partial charge on any atom is -0.372 e. The Balaban J connectivity index is 1.72. The molecule has 0 N–H and O–H groups in total. The maximum atomic E-state index is 6.21. The van der Waals surface area contributed by atoms with E-state index in [2.05, 4.69) is 54.0 Å². The average molecular weight is 337 g/mol. The standard InChI is InChI=1S/C18H25BrO/c1-18(2)11-10-15(20-18)12-14-8-5-7-13-6-3-4-9-16(13)17(14)19/h3-4,6,9,14-15,17H,5,7-8,10-12H2,1-2H3. The minimum absolute atomic E-state index is 0.0924. The maximum Gasteiger partial charge on any atom is 0.0631 e. The van der Waals surface area contributed by atoms with E-state index in [-0.39, 0.29) is 5.60 Å². The van der Waals surface area contributed by atoms with Crippen LogP contribution < -0.4 is 0 Å². The van der Waals surface area contributed by atoms with Gasteiger partial charge < -0.3 is 4.74 Å². The summed E-state index contributed by atoms with van der Waals surface area (Å²) in [6, 6.07) is 8.93. The van der Waals surface area contributed by atoms with Gasteiger partial charge in [0.15, 0.2) is 0 Å². The van der Waals surface area contributed by atoms with E-state index in [9.17, 15) is 0 Å². The third kappa shape index (κ3) is 3.12. The van der Waals surface area contributed by atoms with Gasteiger partial charge in [0.2, 0.25) is 0 Å². The van der Waals surface area contributed by atoms with E-state index in [1.807, 2.05) is 0 Å². The van der Waals surface area contributed by atoms with Gasteiger partial charge in [-0.3, -0.25) is 0 Å². The van der Waals surface area contributed by atoms with E-state index in [0.717, 1.165) is 0 Å². The number of benzene rings is 1. The molecule has 0 saturated carbocycles. The van der Waals surface area contributed by atoms with Gasteiger partial charge in [-0.05, 0) is 69.4 Å². The summed E-state index contributed by atoms with van der Waals surface area (Å²) in [5.41, 5.74) is 3.13. The number of hydrogen-bond donors (Lipinski definition) is 0. The molecule has 0 radical (unpaired) electrons. The molecule has 3 rings (SSSR count). The van der Waals surface area contributed by atoms with Crippen LogP contribution >= 0.6 is 15.9 Å². The molecule has 1 fully saturated rings. The number of aryl methyl sites for hydroxylation is 1. The lowest BCUT2D eigenvalue weighted by atomic mass is 9.90. The fourth-order valence-corrected chi connectivity index (χ4v) is 4.73. The highest BCUT2D eigenvalue weighted by molar-refractivity contribution is 9.09. The van der Waals surface area contributed by atoms with E-state index in [4.69, 9.17) is 4.74 Å². The van der Waals surface area contributed by atoms with Crippen LogP contribution in [-0.2, 0) is 11.2 Å². The van der Waals surface area contributed by atoms with Crippen molar-refractivity contribution in [2.24, 2.45) is 5.92 Å². The van der Waals surface area contributed by atoms with Gasteiger partial charge >= 0.3 is 0 Å². The van der Waals surface area contributed by atoms with Crippen molar-refractivity contribution in [2.45, 2.75) is 68.9 Å². The summed E-state index contributed by atoms with van der Waals surface area (Å²) in [5, 5.41) is 0. The highest BCUT2D eigenvalue weighted by Gasteiger charge is 2.35. The molecule has 0 spiro atoms. The molecule has 2 heteroatoms. The van der Waals surface area contributed by atoms with Crippen LogP contribution in [0.1, 0.15) is 61.9 Å². The number of rotatable bonds is 2. The van der Waals surface area contributed by atoms with Crippen molar-refractivity contribution in [3.05, 3.63) is 35.4 Å². The fourth-order valence-electron chi connectivity index (χ4n) is 3.80. The lowest BCUT2D eigenvalue weighted by molar-refractivity contribution is -0.0250. The van der Waals surface area contributed by atoms with Crippen molar-refractivity contribution in [1.29, 1.82) is 0 Å². The van der Waals surface area contributed by atoms with Gasteiger partial charge in [0.25, 0.3) is 0 Å². The quantitative estimate of drug-likeness (QED) is 0.517. The highest BCUT2D eigenvalue weighted by atomic mass is 79.9. The molecule has 1 aliphatic heterocycles. The molecule has 1 aliphatic carbocycles. The molecule has 110 valence electrons. The normalized spacial score (nSPS) is 32.6. The molecular weight excluding hydrogens is 312 g/mol. The third-order valence-electron chi connectivity index (χ3n) is 4.91. The second-order valence-electron chi connectivity index (χ2n) is 7.03. The zero-order valence-electron chi connectivity index (χ0n) is 12.6. The second kappa shape index (κ2) is 5.81. The number of alkyl halides is 1. The van der Waals surface area contributed by atoms with Crippen molar-refractivity contribution < 1.29 is 4.74 Å². The predicted molar refractivity (Wildman–Crippen MR) is 87.3 cm³/mol. The molecular formula is C18H25BrO. The first-order valence-corrected chi connectivity index (χ1v) is 8.86. The topological polar surface area (TPSA) is 9.23 Å². The van der Waals surface area contributed by atoms with Crippen molar-refractivity contribution in [3.8, 4) is 0 Å². The molecule has 1 saturated heterocycles. The third-order valence-corrected chi connectivity index (χ3v) is 6.15. The molecule has 20 heavy (non-hydrogen) atoms. The van der Waals surface area contributed by atoms with Gasteiger partial charge in [-0.2, -0.15) is 0 Å². The number of fused-ring (bicyclic) bond motifs is 1. The highest BCUT2D eigenvalue weighted by Crippen LogP contribution is 2.43. The van der Waals surface area contributed by atoms with E-state index in [0.29, 0.717) is 16.8 Å². The number of halogens is 1. The van der Waals surface area contributed by atoms with Gasteiger partial charge in [-0.15, -0.1) is 0 Å². The summed E-state index contributed by atoms with van der Waals surface area (Å²) in [6.45, 7) is 4.45. The Kier molecular flexibility index (Phi) is 4.24. The summed E-state index contributed by atoms with van der Waals surface area (Å²) in [4.78, 5) is 0.494. The molecule has 1 aromatic carbocycles. The molecule has 3 unspecified atom stereocenters. The second-order valence-corrected chi connectivity index (χ2v) is 8.01. The minimum atomic E-state index is 0.0924. The lowest BCUT2D eigenvalue weighted by Gasteiger charge is -2.26. The van der Waals surface area contributed by atoms with E-state index in [1.54, 1.807) is 0 Å². The summed E-state index contributed by atoms with van der Waals surface area (Å²) in [6.07, 6.45) is 7.93. The Bertz CT molecular complexity index is 468. The molecule has 3 atom stereocenters. The van der Waals surface area contributed by atoms with Gasteiger partial charge in [0, 0.05) is 4.83 Å². The Morgan fingerprint density at radius 2 is 2.05 bits per heavy atom. The van der Waals surface area contributed by atoms with Gasteiger partial charge in [-0.25, -0.2) is 0 Å². The lowest BCUT2D eigenvalue weighted by Crippen LogP contribution is -2.22. The van der Waals surface area contributed by atoms with Crippen molar-refractivity contribution in [3.63, 3.8) is 0 Å². The van der Waals surface area contributed by atoms with Gasteiger partial charge in [0.05, 0.1) is 11.7 Å². The molecule has 0 amide bonds. The zero-order valence-corrected chi connectivity index (χ0v) is 14.2. The Morgan fingerprint density at radius 1 is 1.25 bits per heavy atom. The van der Waals surface area contributed by atoms with Crippen LogP contribution in [-0.4, -0.2) is 11.7 Å². The van der Waals surface area contributed by atoms with Crippen LogP contribution in [0.25, 0.3) is 0 Å². The summed E-state index contributed by atoms with van der Waals surface area (Å²) in [7, 11) is 0. The summed E-state index contributed by atoms with van der Waals surface area (Å²) < 4.78 is 6.21. The smallest absolute Gasteiger partial charge is 0.0631 e. The maximum absolute atomic E-state index is 6.21. The van der Waals surface area contributed by atoms with E-state index < -0.39 is 0 Å². The largest absolute Gasteiger partial charge is 0.372 e. The van der Waals surface area contributed by atoms with Crippen molar-refractivity contribution in [2.75, 3.05) is 0 Å². The van der Waals surface area contributed by atoms with Crippen LogP contribution in [0.4, 0.5) is 0 Å².